The summed E-state index contributed by atoms with van der Waals surface area (Å²) in [6, 6.07) is 0. The molecule has 0 saturated carbocycles. The van der Waals surface area contributed by atoms with E-state index in [1.165, 1.54) is 5.06 Å². The fraction of sp³-hybridized carbons (Fsp3) is 0.429. The van der Waals surface area contributed by atoms with Crippen LogP contribution in [0.1, 0.15) is 12.0 Å². The SMILES string of the molecule is ON1CCCc2cocc21. The second-order valence-electron chi connectivity index (χ2n) is 2.51. The van der Waals surface area contributed by atoms with Crippen molar-refractivity contribution in [1.82, 2.24) is 0 Å². The van der Waals surface area contributed by atoms with E-state index in [0.29, 0.717) is 6.54 Å². The van der Waals surface area contributed by atoms with Crippen molar-refractivity contribution in [3.05, 3.63) is 18.1 Å². The molecule has 2 rings (SSSR count). The molecule has 0 aliphatic carbocycles. The topological polar surface area (TPSA) is 36.6 Å². The van der Waals surface area contributed by atoms with Gasteiger partial charge in [0.2, 0.25) is 0 Å². The molecule has 0 atom stereocenters. The van der Waals surface area contributed by atoms with E-state index in [1.807, 2.05) is 0 Å². The molecule has 1 aromatic heterocycles. The van der Waals surface area contributed by atoms with Crippen LogP contribution in [0.25, 0.3) is 0 Å². The van der Waals surface area contributed by atoms with Crippen molar-refractivity contribution in [2.45, 2.75) is 12.8 Å². The smallest absolute Gasteiger partial charge is 0.116 e. The van der Waals surface area contributed by atoms with E-state index in [2.05, 4.69) is 0 Å². The number of anilines is 1. The number of furan rings is 1. The van der Waals surface area contributed by atoms with Gasteiger partial charge in [-0.05, 0) is 12.8 Å². The molecule has 1 N–H and O–H groups in total. The molecule has 1 aliphatic heterocycles. The Morgan fingerprint density at radius 2 is 2.40 bits per heavy atom. The molecule has 0 radical (unpaired) electrons. The van der Waals surface area contributed by atoms with E-state index in [9.17, 15) is 5.21 Å². The second kappa shape index (κ2) is 2.02. The van der Waals surface area contributed by atoms with E-state index in [4.69, 9.17) is 4.42 Å². The van der Waals surface area contributed by atoms with Gasteiger partial charge < -0.3 is 4.42 Å². The predicted molar refractivity (Wildman–Crippen MR) is 36.2 cm³/mol. The lowest BCUT2D eigenvalue weighted by Gasteiger charge is -2.20. The molecule has 10 heavy (non-hydrogen) atoms. The lowest BCUT2D eigenvalue weighted by atomic mass is 10.1. The summed E-state index contributed by atoms with van der Waals surface area (Å²) in [6.07, 6.45) is 5.29. The van der Waals surface area contributed by atoms with Gasteiger partial charge in [0.15, 0.2) is 0 Å². The number of nitrogens with zero attached hydrogens (tertiary/aromatic N) is 1. The Hall–Kier alpha value is -0.960. The van der Waals surface area contributed by atoms with Crippen LogP contribution in [-0.2, 0) is 6.42 Å². The molecule has 3 heteroatoms. The van der Waals surface area contributed by atoms with Gasteiger partial charge >= 0.3 is 0 Å². The van der Waals surface area contributed by atoms with Crippen molar-refractivity contribution in [2.75, 3.05) is 11.6 Å². The summed E-state index contributed by atoms with van der Waals surface area (Å²) in [4.78, 5) is 0. The molecular formula is C7H9NO2. The molecule has 3 nitrogen and oxygen atoms in total. The van der Waals surface area contributed by atoms with Crippen LogP contribution in [0, 0.1) is 0 Å². The quantitative estimate of drug-likeness (QED) is 0.590. The fourth-order valence-corrected chi connectivity index (χ4v) is 1.27. The lowest BCUT2D eigenvalue weighted by Crippen LogP contribution is -2.24. The summed E-state index contributed by atoms with van der Waals surface area (Å²) in [6.45, 7) is 0.715. The fourth-order valence-electron chi connectivity index (χ4n) is 1.27. The Morgan fingerprint density at radius 3 is 3.20 bits per heavy atom. The average molecular weight is 139 g/mol. The van der Waals surface area contributed by atoms with Crippen LogP contribution >= 0.6 is 0 Å². The first-order chi connectivity index (χ1) is 4.88. The number of rotatable bonds is 0. The third-order valence-corrected chi connectivity index (χ3v) is 1.81. The molecule has 0 saturated heterocycles. The van der Waals surface area contributed by atoms with Crippen LogP contribution in [0.15, 0.2) is 16.9 Å². The number of hydroxylamine groups is 1. The molecular weight excluding hydrogens is 130 g/mol. The Labute approximate surface area is 58.8 Å². The highest BCUT2D eigenvalue weighted by atomic mass is 16.5. The first-order valence-electron chi connectivity index (χ1n) is 3.39. The zero-order valence-electron chi connectivity index (χ0n) is 5.58. The summed E-state index contributed by atoms with van der Waals surface area (Å²) < 4.78 is 4.94. The zero-order chi connectivity index (χ0) is 6.97. The van der Waals surface area contributed by atoms with Crippen LogP contribution < -0.4 is 5.06 Å². The van der Waals surface area contributed by atoms with Crippen molar-refractivity contribution in [3.63, 3.8) is 0 Å². The number of aryl methyl sites for hydroxylation is 1. The Kier molecular flexibility index (Phi) is 1.17. The van der Waals surface area contributed by atoms with Gasteiger partial charge in [-0.25, -0.2) is 0 Å². The standard InChI is InChI=1S/C7H9NO2/c9-8-3-1-2-6-4-10-5-7(6)8/h4-5,9H,1-3H2. The monoisotopic (exact) mass is 139 g/mol. The third kappa shape index (κ3) is 0.708. The molecule has 0 aromatic carbocycles. The average Bonchev–Trinajstić information content (AvgIpc) is 2.36. The second-order valence-corrected chi connectivity index (χ2v) is 2.51. The van der Waals surface area contributed by atoms with Crippen LogP contribution in [0.5, 0.6) is 0 Å². The first kappa shape index (κ1) is 5.80. The van der Waals surface area contributed by atoms with E-state index in [-0.39, 0.29) is 0 Å². The highest BCUT2D eigenvalue weighted by molar-refractivity contribution is 5.50. The van der Waals surface area contributed by atoms with Gasteiger partial charge in [0.25, 0.3) is 0 Å². The molecule has 0 bridgehead atoms. The summed E-state index contributed by atoms with van der Waals surface area (Å²) in [5.74, 6) is 0. The Bertz CT molecular complexity index is 231. The van der Waals surface area contributed by atoms with Crippen LogP contribution in [0.2, 0.25) is 0 Å². The largest absolute Gasteiger partial charge is 0.470 e. The Balaban J connectivity index is 2.41. The summed E-state index contributed by atoms with van der Waals surface area (Å²) >= 11 is 0. The van der Waals surface area contributed by atoms with Crippen LogP contribution in [-0.4, -0.2) is 11.8 Å². The van der Waals surface area contributed by atoms with Gasteiger partial charge in [-0.1, -0.05) is 0 Å². The van der Waals surface area contributed by atoms with Crippen molar-refractivity contribution < 1.29 is 9.62 Å². The van der Waals surface area contributed by atoms with Crippen LogP contribution in [0.4, 0.5) is 5.69 Å². The molecule has 0 fully saturated rings. The van der Waals surface area contributed by atoms with Gasteiger partial charge in [0.05, 0.1) is 6.26 Å². The highest BCUT2D eigenvalue weighted by Gasteiger charge is 2.16. The number of hydrogen-bond donors (Lipinski definition) is 1. The molecule has 54 valence electrons. The van der Waals surface area contributed by atoms with E-state index in [1.54, 1.807) is 12.5 Å². The van der Waals surface area contributed by atoms with Gasteiger partial charge in [-0.2, -0.15) is 0 Å². The van der Waals surface area contributed by atoms with Gasteiger partial charge in [0, 0.05) is 12.1 Å². The minimum atomic E-state index is 0.715. The van der Waals surface area contributed by atoms with Crippen molar-refractivity contribution in [3.8, 4) is 0 Å². The van der Waals surface area contributed by atoms with Crippen molar-refractivity contribution >= 4 is 5.69 Å². The maximum atomic E-state index is 9.22. The summed E-state index contributed by atoms with van der Waals surface area (Å²) in [5.41, 5.74) is 1.93. The molecule has 1 aliphatic rings. The molecule has 0 amide bonds. The minimum absolute atomic E-state index is 0.715. The van der Waals surface area contributed by atoms with E-state index >= 15 is 0 Å². The molecule has 0 unspecified atom stereocenters. The van der Waals surface area contributed by atoms with Crippen molar-refractivity contribution in [1.29, 1.82) is 0 Å². The normalized spacial score (nSPS) is 17.1. The first-order valence-corrected chi connectivity index (χ1v) is 3.39. The van der Waals surface area contributed by atoms with E-state index < -0.39 is 0 Å². The Morgan fingerprint density at radius 1 is 1.50 bits per heavy atom. The molecule has 2 heterocycles. The molecule has 1 aromatic rings. The summed E-state index contributed by atoms with van der Waals surface area (Å²) in [5, 5.41) is 10.5. The van der Waals surface area contributed by atoms with Crippen molar-refractivity contribution in [2.24, 2.45) is 0 Å². The molecule has 0 spiro atoms. The highest BCUT2D eigenvalue weighted by Crippen LogP contribution is 2.25. The summed E-state index contributed by atoms with van der Waals surface area (Å²) in [7, 11) is 0. The zero-order valence-corrected chi connectivity index (χ0v) is 5.58. The number of fused-ring (bicyclic) bond motifs is 1. The predicted octanol–water partition coefficient (Wildman–Crippen LogP) is 1.42. The maximum Gasteiger partial charge on any atom is 0.116 e. The number of hydrogen-bond acceptors (Lipinski definition) is 3. The maximum absolute atomic E-state index is 9.22. The van der Waals surface area contributed by atoms with Gasteiger partial charge in [-0.3, -0.25) is 10.3 Å². The third-order valence-electron chi connectivity index (χ3n) is 1.81. The van der Waals surface area contributed by atoms with E-state index in [0.717, 1.165) is 24.1 Å². The van der Waals surface area contributed by atoms with Gasteiger partial charge in [0.1, 0.15) is 12.0 Å². The van der Waals surface area contributed by atoms with Gasteiger partial charge in [-0.15, -0.1) is 0 Å². The lowest BCUT2D eigenvalue weighted by molar-refractivity contribution is 0.246. The minimum Gasteiger partial charge on any atom is -0.470 e. The van der Waals surface area contributed by atoms with Crippen LogP contribution in [0.3, 0.4) is 0 Å².